The monoisotopic (exact) mass is 432 g/mol. The fraction of sp³-hybridized carbons (Fsp3) is 0.364. The zero-order chi connectivity index (χ0) is 21.0. The molecule has 29 heavy (non-hydrogen) atoms. The van der Waals surface area contributed by atoms with E-state index in [1.807, 2.05) is 12.1 Å². The number of hydrogen-bond donors (Lipinski definition) is 2. The highest BCUT2D eigenvalue weighted by atomic mass is 35.5. The van der Waals surface area contributed by atoms with Crippen molar-refractivity contribution in [3.05, 3.63) is 64.1 Å². The normalized spacial score (nSPS) is 16.6. The maximum absolute atomic E-state index is 12.9. The van der Waals surface area contributed by atoms with Gasteiger partial charge in [-0.2, -0.15) is 5.10 Å². The molecule has 3 rings (SSSR count). The van der Waals surface area contributed by atoms with Crippen LogP contribution in [0.5, 0.6) is 0 Å². The molecule has 0 unspecified atom stereocenters. The van der Waals surface area contributed by atoms with Crippen LogP contribution in [0.25, 0.3) is 10.9 Å². The number of nitrogens with zero attached hydrogens (tertiary/aromatic N) is 2. The average molecular weight is 433 g/mol. The molecule has 0 bridgehead atoms. The fourth-order valence-electron chi connectivity index (χ4n) is 3.81. The lowest BCUT2D eigenvalue weighted by Gasteiger charge is -2.23. The molecule has 1 aromatic heterocycles. The van der Waals surface area contributed by atoms with Gasteiger partial charge in [-0.25, -0.2) is 0 Å². The number of benzene rings is 1. The minimum absolute atomic E-state index is 0.143. The third kappa shape index (κ3) is 4.51. The summed E-state index contributed by atoms with van der Waals surface area (Å²) in [7, 11) is 0. The second-order valence-electron chi connectivity index (χ2n) is 7.16. The summed E-state index contributed by atoms with van der Waals surface area (Å²) in [5, 5.41) is 9.07. The van der Waals surface area contributed by atoms with E-state index in [9.17, 15) is 4.79 Å². The Balaban J connectivity index is 1.99. The molecule has 0 radical (unpaired) electrons. The Kier molecular flexibility index (Phi) is 7.04. The van der Waals surface area contributed by atoms with Crippen molar-refractivity contribution in [1.82, 2.24) is 15.1 Å². The van der Waals surface area contributed by atoms with Crippen molar-refractivity contribution >= 4 is 40.0 Å². The first-order valence-electron chi connectivity index (χ1n) is 9.92. The van der Waals surface area contributed by atoms with Crippen LogP contribution in [-0.2, 0) is 6.42 Å². The van der Waals surface area contributed by atoms with Gasteiger partial charge in [-0.3, -0.25) is 9.48 Å². The number of nitrogens with two attached hydrogens (primary N) is 1. The molecule has 1 fully saturated rings. The number of allylic oxidation sites excluding steroid dienone is 3. The van der Waals surface area contributed by atoms with Gasteiger partial charge in [-0.1, -0.05) is 62.0 Å². The minimum Gasteiger partial charge on any atom is -0.403 e. The summed E-state index contributed by atoms with van der Waals surface area (Å²) in [6, 6.07) is 6.03. The van der Waals surface area contributed by atoms with Crippen molar-refractivity contribution in [3.8, 4) is 0 Å². The van der Waals surface area contributed by atoms with Crippen LogP contribution >= 0.6 is 23.2 Å². The minimum atomic E-state index is -0.323. The highest BCUT2D eigenvalue weighted by molar-refractivity contribution is 6.36. The molecule has 1 aromatic carbocycles. The molecule has 1 aliphatic rings. The lowest BCUT2D eigenvalue weighted by atomic mass is 9.95. The summed E-state index contributed by atoms with van der Waals surface area (Å²) in [5.41, 5.74) is 8.27. The fourth-order valence-corrected chi connectivity index (χ4v) is 4.16. The van der Waals surface area contributed by atoms with Gasteiger partial charge >= 0.3 is 0 Å². The second-order valence-corrected chi connectivity index (χ2v) is 7.98. The van der Waals surface area contributed by atoms with E-state index in [0.717, 1.165) is 35.9 Å². The first-order valence-corrected chi connectivity index (χ1v) is 10.7. The maximum atomic E-state index is 12.9. The molecule has 154 valence electrons. The van der Waals surface area contributed by atoms with Crippen LogP contribution in [0.4, 0.5) is 0 Å². The third-order valence-corrected chi connectivity index (χ3v) is 6.00. The number of nitrogens with one attached hydrogen (secondary N) is 1. The molecular weight excluding hydrogens is 407 g/mol. The molecule has 1 heterocycles. The number of aryl methyl sites for hydroxylation is 1. The van der Waals surface area contributed by atoms with Crippen LogP contribution in [0.15, 0.2) is 52.8 Å². The van der Waals surface area contributed by atoms with Gasteiger partial charge in [0.25, 0.3) is 5.91 Å². The lowest BCUT2D eigenvalue weighted by Crippen LogP contribution is -2.24. The summed E-state index contributed by atoms with van der Waals surface area (Å²) in [5.74, 6) is -0.323. The molecule has 7 heteroatoms. The zero-order valence-corrected chi connectivity index (χ0v) is 18.1. The van der Waals surface area contributed by atoms with Crippen molar-refractivity contribution in [2.24, 2.45) is 5.73 Å². The van der Waals surface area contributed by atoms with Gasteiger partial charge in [0.1, 0.15) is 0 Å². The summed E-state index contributed by atoms with van der Waals surface area (Å²) in [6.07, 6.45) is 9.37. The molecule has 1 saturated carbocycles. The molecule has 3 N–H and O–H groups in total. The SMILES string of the molecule is C=C/C(Cl)=C(NC(=O)c1ccc2c(CC)nn(C3CCCCC3)c2c1)\C(Cl)=C/N. The number of amides is 1. The first kappa shape index (κ1) is 21.5. The van der Waals surface area contributed by atoms with Gasteiger partial charge in [-0.15, -0.1) is 0 Å². The predicted octanol–water partition coefficient (Wildman–Crippen LogP) is 5.51. The largest absolute Gasteiger partial charge is 0.403 e. The van der Waals surface area contributed by atoms with E-state index in [2.05, 4.69) is 23.5 Å². The topological polar surface area (TPSA) is 72.9 Å². The lowest BCUT2D eigenvalue weighted by molar-refractivity contribution is 0.0967. The quantitative estimate of drug-likeness (QED) is 0.590. The van der Waals surface area contributed by atoms with E-state index in [0.29, 0.717) is 11.6 Å². The van der Waals surface area contributed by atoms with Crippen LogP contribution in [0.1, 0.15) is 61.1 Å². The van der Waals surface area contributed by atoms with Gasteiger partial charge in [-0.05, 0) is 37.5 Å². The van der Waals surface area contributed by atoms with Crippen molar-refractivity contribution in [2.75, 3.05) is 0 Å². The smallest absolute Gasteiger partial charge is 0.255 e. The number of aromatic nitrogens is 2. The Morgan fingerprint density at radius 2 is 2.07 bits per heavy atom. The van der Waals surface area contributed by atoms with Crippen molar-refractivity contribution < 1.29 is 4.79 Å². The molecule has 2 aromatic rings. The van der Waals surface area contributed by atoms with E-state index >= 15 is 0 Å². The highest BCUT2D eigenvalue weighted by Gasteiger charge is 2.21. The molecular formula is C22H26Cl2N4O. The van der Waals surface area contributed by atoms with Crippen LogP contribution < -0.4 is 11.1 Å². The van der Waals surface area contributed by atoms with E-state index in [1.54, 1.807) is 6.07 Å². The number of hydrogen-bond acceptors (Lipinski definition) is 3. The summed E-state index contributed by atoms with van der Waals surface area (Å²) < 4.78 is 2.12. The summed E-state index contributed by atoms with van der Waals surface area (Å²) >= 11 is 12.2. The molecule has 0 saturated heterocycles. The maximum Gasteiger partial charge on any atom is 0.255 e. The molecule has 0 spiro atoms. The molecule has 0 aliphatic heterocycles. The molecule has 5 nitrogen and oxygen atoms in total. The summed E-state index contributed by atoms with van der Waals surface area (Å²) in [4.78, 5) is 12.9. The van der Waals surface area contributed by atoms with Crippen LogP contribution in [0.2, 0.25) is 0 Å². The van der Waals surface area contributed by atoms with Crippen LogP contribution in [0.3, 0.4) is 0 Å². The van der Waals surface area contributed by atoms with E-state index in [-0.39, 0.29) is 21.7 Å². The van der Waals surface area contributed by atoms with Crippen LogP contribution in [0, 0.1) is 0 Å². The standard InChI is InChI=1S/C22H26Cl2N4O/c1-3-17(23)21(18(24)13-25)26-22(29)14-10-11-16-19(4-2)27-28(20(16)12-14)15-8-6-5-7-9-15/h3,10-13,15H,1,4-9,25H2,2H3,(H,26,29)/b18-13+,21-17-. The second kappa shape index (κ2) is 9.51. The molecule has 1 aliphatic carbocycles. The number of carbonyl (C=O) groups excluding carboxylic acids is 1. The zero-order valence-electron chi connectivity index (χ0n) is 16.5. The first-order chi connectivity index (χ1) is 14.0. The van der Waals surface area contributed by atoms with E-state index < -0.39 is 0 Å². The summed E-state index contributed by atoms with van der Waals surface area (Å²) in [6.45, 7) is 5.72. The van der Waals surface area contributed by atoms with E-state index in [1.165, 1.54) is 31.5 Å². The molecule has 1 amide bonds. The number of rotatable bonds is 6. The van der Waals surface area contributed by atoms with Gasteiger partial charge in [0.15, 0.2) is 0 Å². The average Bonchev–Trinajstić information content (AvgIpc) is 3.14. The Labute approximate surface area is 181 Å². The van der Waals surface area contributed by atoms with Gasteiger partial charge in [0.05, 0.1) is 33.0 Å². The Bertz CT molecular complexity index is 984. The molecule has 0 atom stereocenters. The van der Waals surface area contributed by atoms with Gasteiger partial charge in [0.2, 0.25) is 0 Å². The Hall–Kier alpha value is -2.24. The predicted molar refractivity (Wildman–Crippen MR) is 120 cm³/mol. The van der Waals surface area contributed by atoms with Gasteiger partial charge < -0.3 is 11.1 Å². The van der Waals surface area contributed by atoms with Crippen LogP contribution in [-0.4, -0.2) is 15.7 Å². The van der Waals surface area contributed by atoms with Gasteiger partial charge in [0, 0.05) is 17.1 Å². The Morgan fingerprint density at radius 3 is 2.69 bits per heavy atom. The number of carbonyl (C=O) groups is 1. The third-order valence-electron chi connectivity index (χ3n) is 5.34. The Morgan fingerprint density at radius 1 is 1.34 bits per heavy atom. The van der Waals surface area contributed by atoms with Crippen molar-refractivity contribution in [3.63, 3.8) is 0 Å². The highest BCUT2D eigenvalue weighted by Crippen LogP contribution is 2.32. The van der Waals surface area contributed by atoms with Crippen molar-refractivity contribution in [1.29, 1.82) is 0 Å². The van der Waals surface area contributed by atoms with E-state index in [4.69, 9.17) is 34.0 Å². The number of fused-ring (bicyclic) bond motifs is 1. The number of halogens is 2. The van der Waals surface area contributed by atoms with Crippen molar-refractivity contribution in [2.45, 2.75) is 51.5 Å².